The van der Waals surface area contributed by atoms with Crippen molar-refractivity contribution in [2.24, 2.45) is 0 Å². The predicted octanol–water partition coefficient (Wildman–Crippen LogP) is 7.41. The highest BCUT2D eigenvalue weighted by Crippen LogP contribution is 2.39. The Bertz CT molecular complexity index is 1560. The van der Waals surface area contributed by atoms with Crippen LogP contribution in [0.15, 0.2) is 60.7 Å². The highest BCUT2D eigenvalue weighted by molar-refractivity contribution is 7.21. The van der Waals surface area contributed by atoms with E-state index in [1.54, 1.807) is 25.3 Å². The van der Waals surface area contributed by atoms with E-state index in [0.29, 0.717) is 38.9 Å². The Labute approximate surface area is 236 Å². The van der Waals surface area contributed by atoms with Crippen molar-refractivity contribution in [3.8, 4) is 22.9 Å². The third-order valence-corrected chi connectivity index (χ3v) is 9.19. The SMILES string of the molecule is CN[C@H]1CC[C@H](N(Cc2cc(-c3cccc(C#N)c3)ccc2OC)C(=O)c2sc3cccc(F)c3c2Cl)CC1. The fraction of sp³-hybridized carbons (Fsp3) is 0.290. The molecule has 1 aliphatic rings. The minimum Gasteiger partial charge on any atom is -0.496 e. The maximum absolute atomic E-state index is 14.6. The highest BCUT2D eigenvalue weighted by Gasteiger charge is 2.32. The fourth-order valence-electron chi connectivity index (χ4n) is 5.42. The smallest absolute Gasteiger partial charge is 0.266 e. The first-order valence-electron chi connectivity index (χ1n) is 13.0. The Morgan fingerprint density at radius 1 is 1.13 bits per heavy atom. The molecule has 1 N–H and O–H groups in total. The Morgan fingerprint density at radius 2 is 1.87 bits per heavy atom. The summed E-state index contributed by atoms with van der Waals surface area (Å²) >= 11 is 7.87. The first kappa shape index (κ1) is 27.1. The van der Waals surface area contributed by atoms with Crippen molar-refractivity contribution in [3.63, 3.8) is 0 Å². The summed E-state index contributed by atoms with van der Waals surface area (Å²) in [7, 11) is 3.59. The summed E-state index contributed by atoms with van der Waals surface area (Å²) in [5, 5.41) is 13.2. The van der Waals surface area contributed by atoms with Gasteiger partial charge in [-0.3, -0.25) is 4.79 Å². The Kier molecular flexibility index (Phi) is 8.18. The molecule has 1 saturated carbocycles. The van der Waals surface area contributed by atoms with Crippen molar-refractivity contribution in [2.75, 3.05) is 14.2 Å². The average Bonchev–Trinajstić information content (AvgIpc) is 3.32. The lowest BCUT2D eigenvalue weighted by Crippen LogP contribution is -2.44. The number of benzene rings is 3. The van der Waals surface area contributed by atoms with Gasteiger partial charge in [0.25, 0.3) is 5.91 Å². The molecule has 1 amide bonds. The molecule has 5 nitrogen and oxygen atoms in total. The van der Waals surface area contributed by atoms with Crippen molar-refractivity contribution in [1.82, 2.24) is 10.2 Å². The van der Waals surface area contributed by atoms with Gasteiger partial charge in [0.15, 0.2) is 0 Å². The molecule has 0 saturated heterocycles. The molecule has 0 bridgehead atoms. The minimum absolute atomic E-state index is 0.00325. The normalized spacial score (nSPS) is 17.1. The number of ether oxygens (including phenoxy) is 1. The molecule has 8 heteroatoms. The number of hydrogen-bond acceptors (Lipinski definition) is 5. The van der Waals surface area contributed by atoms with E-state index in [1.807, 2.05) is 48.3 Å². The van der Waals surface area contributed by atoms with Gasteiger partial charge in [-0.05, 0) is 80.3 Å². The minimum atomic E-state index is -0.428. The molecular weight excluding hydrogens is 533 g/mol. The van der Waals surface area contributed by atoms with E-state index in [0.717, 1.165) is 42.4 Å². The molecule has 0 atom stereocenters. The van der Waals surface area contributed by atoms with Crippen LogP contribution in [0, 0.1) is 17.1 Å². The molecular formula is C31H29ClFN3O2S. The monoisotopic (exact) mass is 561 g/mol. The molecule has 0 spiro atoms. The van der Waals surface area contributed by atoms with Gasteiger partial charge in [-0.25, -0.2) is 4.39 Å². The molecule has 0 radical (unpaired) electrons. The van der Waals surface area contributed by atoms with Crippen LogP contribution in [0.5, 0.6) is 5.75 Å². The zero-order valence-corrected chi connectivity index (χ0v) is 23.4. The molecule has 1 aliphatic carbocycles. The van der Waals surface area contributed by atoms with Crippen LogP contribution in [-0.4, -0.2) is 37.0 Å². The van der Waals surface area contributed by atoms with Crippen LogP contribution in [0.4, 0.5) is 4.39 Å². The zero-order chi connectivity index (χ0) is 27.5. The number of nitrogens with zero attached hydrogens (tertiary/aromatic N) is 2. The van der Waals surface area contributed by atoms with E-state index in [4.69, 9.17) is 16.3 Å². The molecule has 1 fully saturated rings. The van der Waals surface area contributed by atoms with Gasteiger partial charge in [0.05, 0.1) is 23.8 Å². The number of methoxy groups -OCH3 is 1. The molecule has 1 heterocycles. The third-order valence-electron chi connectivity index (χ3n) is 7.55. The average molecular weight is 562 g/mol. The second-order valence-corrected chi connectivity index (χ2v) is 11.2. The van der Waals surface area contributed by atoms with Crippen LogP contribution in [0.3, 0.4) is 0 Å². The summed E-state index contributed by atoms with van der Waals surface area (Å²) in [4.78, 5) is 16.4. The quantitative estimate of drug-likeness (QED) is 0.255. The largest absolute Gasteiger partial charge is 0.496 e. The number of nitriles is 1. The van der Waals surface area contributed by atoms with Crippen LogP contribution < -0.4 is 10.1 Å². The van der Waals surface area contributed by atoms with Crippen LogP contribution in [-0.2, 0) is 6.54 Å². The molecule has 200 valence electrons. The van der Waals surface area contributed by atoms with Gasteiger partial charge in [0.2, 0.25) is 0 Å². The number of fused-ring (bicyclic) bond motifs is 1. The number of thiophene rings is 1. The van der Waals surface area contributed by atoms with E-state index in [2.05, 4.69) is 11.4 Å². The van der Waals surface area contributed by atoms with Crippen LogP contribution in [0.2, 0.25) is 5.02 Å². The molecule has 0 unspecified atom stereocenters. The Hall–Kier alpha value is -3.44. The van der Waals surface area contributed by atoms with Crippen LogP contribution >= 0.6 is 22.9 Å². The van der Waals surface area contributed by atoms with Gasteiger partial charge < -0.3 is 15.0 Å². The molecule has 0 aliphatic heterocycles. The highest BCUT2D eigenvalue weighted by atomic mass is 35.5. The van der Waals surface area contributed by atoms with E-state index < -0.39 is 5.82 Å². The third kappa shape index (κ3) is 5.51. The lowest BCUT2D eigenvalue weighted by Gasteiger charge is -2.37. The zero-order valence-electron chi connectivity index (χ0n) is 21.8. The molecule has 1 aromatic heterocycles. The first-order chi connectivity index (χ1) is 18.9. The summed E-state index contributed by atoms with van der Waals surface area (Å²) < 4.78 is 21.0. The summed E-state index contributed by atoms with van der Waals surface area (Å²) in [5.41, 5.74) is 3.27. The van der Waals surface area contributed by atoms with E-state index in [1.165, 1.54) is 17.4 Å². The van der Waals surface area contributed by atoms with Gasteiger partial charge in [-0.15, -0.1) is 11.3 Å². The number of hydrogen-bond donors (Lipinski definition) is 1. The lowest BCUT2D eigenvalue weighted by molar-refractivity contribution is 0.0604. The number of nitrogens with one attached hydrogen (secondary N) is 1. The summed E-state index contributed by atoms with van der Waals surface area (Å²) in [6.07, 6.45) is 3.61. The van der Waals surface area contributed by atoms with Crippen molar-refractivity contribution in [1.29, 1.82) is 5.26 Å². The Morgan fingerprint density at radius 3 is 2.56 bits per heavy atom. The van der Waals surface area contributed by atoms with E-state index >= 15 is 0 Å². The summed E-state index contributed by atoms with van der Waals surface area (Å²) in [5.74, 6) is 0.0423. The van der Waals surface area contributed by atoms with Gasteiger partial charge in [-0.1, -0.05) is 35.9 Å². The topological polar surface area (TPSA) is 65.4 Å². The van der Waals surface area contributed by atoms with Crippen molar-refractivity contribution >= 4 is 38.9 Å². The van der Waals surface area contributed by atoms with Gasteiger partial charge in [0.1, 0.15) is 16.4 Å². The standard InChI is InChI=1S/C31H29ClFN3O2S/c1-35-23-10-12-24(13-11-23)36(31(37)30-29(32)28-25(33)7-4-8-27(28)39-30)18-22-16-21(9-14-26(22)38-2)20-6-3-5-19(15-20)17-34/h3-9,14-16,23-24,35H,10-13,18H2,1-2H3/t23-,24-. The van der Waals surface area contributed by atoms with Gasteiger partial charge in [-0.2, -0.15) is 5.26 Å². The van der Waals surface area contributed by atoms with E-state index in [9.17, 15) is 14.4 Å². The van der Waals surface area contributed by atoms with Crippen molar-refractivity contribution in [2.45, 2.75) is 44.3 Å². The maximum atomic E-state index is 14.6. The van der Waals surface area contributed by atoms with Crippen molar-refractivity contribution < 1.29 is 13.9 Å². The second-order valence-electron chi connectivity index (χ2n) is 9.80. The van der Waals surface area contributed by atoms with Crippen molar-refractivity contribution in [3.05, 3.63) is 87.5 Å². The summed E-state index contributed by atoms with van der Waals surface area (Å²) in [6.45, 7) is 0.315. The molecule has 39 heavy (non-hydrogen) atoms. The number of rotatable bonds is 7. The second kappa shape index (κ2) is 11.7. The fourth-order valence-corrected chi connectivity index (χ4v) is 6.92. The number of halogens is 2. The molecule has 5 rings (SSSR count). The Balaban J connectivity index is 1.55. The van der Waals surface area contributed by atoms with E-state index in [-0.39, 0.29) is 17.0 Å². The maximum Gasteiger partial charge on any atom is 0.266 e. The van der Waals surface area contributed by atoms with Gasteiger partial charge >= 0.3 is 0 Å². The number of amides is 1. The van der Waals surface area contributed by atoms with Crippen LogP contribution in [0.25, 0.3) is 21.2 Å². The van der Waals surface area contributed by atoms with Gasteiger partial charge in [0, 0.05) is 34.3 Å². The first-order valence-corrected chi connectivity index (χ1v) is 14.1. The van der Waals surface area contributed by atoms with Crippen LogP contribution in [0.1, 0.15) is 46.5 Å². The summed E-state index contributed by atoms with van der Waals surface area (Å²) in [6, 6.07) is 20.7. The number of carbonyl (C=O) groups is 1. The number of carbonyl (C=O) groups excluding carboxylic acids is 1. The lowest BCUT2D eigenvalue weighted by atomic mass is 9.89. The molecule has 4 aromatic rings. The predicted molar refractivity (Wildman–Crippen MR) is 155 cm³/mol. The molecule has 3 aromatic carbocycles.